The number of amides is 6. The third kappa shape index (κ3) is 14.8. The van der Waals surface area contributed by atoms with Crippen LogP contribution in [0.5, 0.6) is 11.5 Å². The van der Waals surface area contributed by atoms with Gasteiger partial charge in [0.15, 0.2) is 19.0 Å². The number of anilines is 2. The smallest absolute Gasteiger partial charge is 0.316 e. The van der Waals surface area contributed by atoms with E-state index < -0.39 is 29.4 Å². The van der Waals surface area contributed by atoms with Crippen LogP contribution in [0.2, 0.25) is 10.0 Å². The monoisotopic (exact) mass is 939 g/mol. The van der Waals surface area contributed by atoms with Gasteiger partial charge in [0.1, 0.15) is 23.1 Å². The number of likely N-dealkylation sites (tertiary alicyclic amines) is 2. The molecule has 0 radical (unpaired) electrons. The minimum atomic E-state index is -0.778. The van der Waals surface area contributed by atoms with Crippen molar-refractivity contribution in [1.29, 1.82) is 0 Å². The van der Waals surface area contributed by atoms with Crippen molar-refractivity contribution in [2.45, 2.75) is 57.6 Å². The summed E-state index contributed by atoms with van der Waals surface area (Å²) in [5.41, 5.74) is 11.4. The fourth-order valence-corrected chi connectivity index (χ4v) is 7.91. The molecule has 6 rings (SSSR count). The molecule has 15 nitrogen and oxygen atoms in total. The Labute approximate surface area is 385 Å². The molecule has 0 bridgehead atoms. The summed E-state index contributed by atoms with van der Waals surface area (Å²) in [6.07, 6.45) is 2.46. The second kappa shape index (κ2) is 22.7. The van der Waals surface area contributed by atoms with E-state index >= 15 is 0 Å². The lowest BCUT2D eigenvalue weighted by Gasteiger charge is -2.43. The van der Waals surface area contributed by atoms with Crippen molar-refractivity contribution in [2.75, 3.05) is 56.6 Å². The molecular weight excluding hydrogens is 887 g/mol. The number of nitrogens with zero attached hydrogens (tertiary/aromatic N) is 2. The van der Waals surface area contributed by atoms with Crippen LogP contribution in [0.3, 0.4) is 0 Å². The summed E-state index contributed by atoms with van der Waals surface area (Å²) in [6, 6.07) is 19.6. The number of aliphatic hydroxyl groups excluding tert-OH is 1. The quantitative estimate of drug-likeness (QED) is 0.0691. The first-order valence-electron chi connectivity index (χ1n) is 20.8. The highest BCUT2D eigenvalue weighted by molar-refractivity contribution is 6.31. The third-order valence-electron chi connectivity index (χ3n) is 11.3. The first-order chi connectivity index (χ1) is 30.8. The second-order valence-corrected chi connectivity index (χ2v) is 17.2. The molecule has 348 valence electrons. The number of carbonyl (C=O) groups excluding carboxylic acids is 5. The number of nitrogens with two attached hydrogens (primary N) is 2. The number of Topliss-reactive ketones (excluding diaryl/α,β-unsaturated/α-hetero) is 1. The van der Waals surface area contributed by atoms with Crippen LogP contribution in [0, 0.1) is 17.0 Å². The van der Waals surface area contributed by atoms with Gasteiger partial charge in [0.25, 0.3) is 11.8 Å². The fourth-order valence-electron chi connectivity index (χ4n) is 7.56. The average molecular weight is 941 g/mol. The number of benzene rings is 4. The standard InChI is InChI=1S/C24H30ClFN4O4.C22H23ClFN3O4/c1-16(31)14-28-24(13-17-2-5-19(26)6-3-17)8-10-30(11-9-24)22(32)15-34-21-7-4-18(25)12-20(21)29-23(27)33;1-22(20(29)14-2-5-16(24)6-3-14)8-10-27(11-9-22)19(28)13-31-18-7-4-15(23)12-17(18)26-21(25)30/h2-7,12,16,28,31H,8-11,13-15H2,1H3,(H3,27,29,33);2-7,12H,8-11,13H2,1H3,(H3,25,26,30). The van der Waals surface area contributed by atoms with Crippen LogP contribution in [0.1, 0.15) is 55.5 Å². The van der Waals surface area contributed by atoms with E-state index in [-0.39, 0.29) is 65.0 Å². The zero-order valence-electron chi connectivity index (χ0n) is 36.0. The summed E-state index contributed by atoms with van der Waals surface area (Å²) in [7, 11) is 0. The number of carbonyl (C=O) groups is 5. The van der Waals surface area contributed by atoms with E-state index in [9.17, 15) is 37.9 Å². The van der Waals surface area contributed by atoms with Crippen molar-refractivity contribution in [3.63, 3.8) is 0 Å². The van der Waals surface area contributed by atoms with Gasteiger partial charge in [-0.3, -0.25) is 14.4 Å². The lowest BCUT2D eigenvalue weighted by Crippen LogP contribution is -2.57. The molecule has 4 aromatic carbocycles. The Hall–Kier alpha value is -6.01. The van der Waals surface area contributed by atoms with Crippen LogP contribution in [-0.2, 0) is 16.0 Å². The zero-order valence-corrected chi connectivity index (χ0v) is 37.5. The molecule has 2 heterocycles. The summed E-state index contributed by atoms with van der Waals surface area (Å²) in [4.78, 5) is 64.0. The molecule has 2 aliphatic rings. The Bertz CT molecular complexity index is 2310. The van der Waals surface area contributed by atoms with Gasteiger partial charge in [0.05, 0.1) is 17.5 Å². The maximum atomic E-state index is 13.3. The molecule has 4 aromatic rings. The highest BCUT2D eigenvalue weighted by atomic mass is 35.5. The molecule has 0 spiro atoms. The minimum absolute atomic E-state index is 0.0563. The van der Waals surface area contributed by atoms with Crippen LogP contribution in [-0.4, -0.2) is 102 Å². The van der Waals surface area contributed by atoms with Crippen LogP contribution in [0.25, 0.3) is 0 Å². The molecule has 2 saturated heterocycles. The number of rotatable bonds is 15. The number of ether oxygens (including phenoxy) is 2. The Balaban J connectivity index is 0.000000245. The van der Waals surface area contributed by atoms with Crippen molar-refractivity contribution in [3.05, 3.63) is 118 Å². The SMILES string of the molecule is CC(O)CNC1(Cc2ccc(F)cc2)CCN(C(=O)COc2ccc(Cl)cc2NC(N)=O)CC1.CC1(C(=O)c2ccc(F)cc2)CCN(C(=O)COc2ccc(Cl)cc2NC(N)=O)CC1. The van der Waals surface area contributed by atoms with Crippen molar-refractivity contribution in [2.24, 2.45) is 16.9 Å². The van der Waals surface area contributed by atoms with E-state index in [0.29, 0.717) is 80.4 Å². The third-order valence-corrected chi connectivity index (χ3v) is 11.7. The predicted octanol–water partition coefficient (Wildman–Crippen LogP) is 6.78. The van der Waals surface area contributed by atoms with Crippen LogP contribution in [0.15, 0.2) is 84.9 Å². The van der Waals surface area contributed by atoms with E-state index in [0.717, 1.165) is 5.56 Å². The van der Waals surface area contributed by atoms with Crippen LogP contribution >= 0.6 is 23.2 Å². The topological polar surface area (TPSA) is 219 Å². The number of piperidine rings is 2. The van der Waals surface area contributed by atoms with E-state index in [2.05, 4.69) is 16.0 Å². The number of hydrogen-bond acceptors (Lipinski definition) is 9. The summed E-state index contributed by atoms with van der Waals surface area (Å²) in [6.45, 7) is 5.37. The number of β-amino-alcohol motifs (C(OH)–C–C–N with tert-alkyl or cyclic N) is 1. The number of aliphatic hydroxyl groups is 1. The fraction of sp³-hybridized carbons (Fsp3) is 0.370. The zero-order chi connectivity index (χ0) is 47.3. The Kier molecular flexibility index (Phi) is 17.5. The van der Waals surface area contributed by atoms with Crippen molar-refractivity contribution < 1.29 is 47.3 Å². The molecule has 0 aromatic heterocycles. The lowest BCUT2D eigenvalue weighted by atomic mass is 9.74. The van der Waals surface area contributed by atoms with E-state index in [1.165, 1.54) is 54.6 Å². The van der Waals surface area contributed by atoms with Crippen LogP contribution in [0.4, 0.5) is 29.7 Å². The number of nitrogens with one attached hydrogen (secondary N) is 3. The van der Waals surface area contributed by atoms with Gasteiger partial charge in [0, 0.05) is 59.3 Å². The summed E-state index contributed by atoms with van der Waals surface area (Å²) >= 11 is 11.9. The maximum absolute atomic E-state index is 13.3. The molecule has 65 heavy (non-hydrogen) atoms. The van der Waals surface area contributed by atoms with Gasteiger partial charge in [-0.05, 0) is 117 Å². The summed E-state index contributed by atoms with van der Waals surface area (Å²) in [5.74, 6) is -0.606. The maximum Gasteiger partial charge on any atom is 0.316 e. The predicted molar refractivity (Wildman–Crippen MR) is 243 cm³/mol. The highest BCUT2D eigenvalue weighted by Crippen LogP contribution is 2.35. The summed E-state index contributed by atoms with van der Waals surface area (Å²) < 4.78 is 37.7. The number of urea groups is 2. The Morgan fingerprint density at radius 3 is 1.57 bits per heavy atom. The van der Waals surface area contributed by atoms with Crippen molar-refractivity contribution >= 4 is 64.2 Å². The lowest BCUT2D eigenvalue weighted by molar-refractivity contribution is -0.135. The largest absolute Gasteiger partial charge is 0.482 e. The average Bonchev–Trinajstić information content (AvgIpc) is 3.26. The first kappa shape index (κ1) is 50.0. The molecule has 6 amide bonds. The van der Waals surface area contributed by atoms with E-state index in [4.69, 9.17) is 44.1 Å². The normalized spacial score (nSPS) is 15.7. The van der Waals surface area contributed by atoms with Gasteiger partial charge in [0.2, 0.25) is 0 Å². The Morgan fingerprint density at radius 1 is 0.708 bits per heavy atom. The van der Waals surface area contributed by atoms with Crippen molar-refractivity contribution in [1.82, 2.24) is 15.1 Å². The molecule has 1 unspecified atom stereocenters. The molecule has 0 aliphatic carbocycles. The number of hydrogen-bond donors (Lipinski definition) is 6. The van der Waals surface area contributed by atoms with Crippen LogP contribution < -0.4 is 36.9 Å². The minimum Gasteiger partial charge on any atom is -0.482 e. The molecular formula is C46H53Cl2F2N7O8. The van der Waals surface area contributed by atoms with E-state index in [1.807, 2.05) is 6.92 Å². The number of ketones is 1. The Morgan fingerprint density at radius 2 is 1.14 bits per heavy atom. The first-order valence-corrected chi connectivity index (χ1v) is 21.6. The van der Waals surface area contributed by atoms with Gasteiger partial charge < -0.3 is 51.8 Å². The second-order valence-electron chi connectivity index (χ2n) is 16.3. The molecule has 2 fully saturated rings. The van der Waals surface area contributed by atoms with Gasteiger partial charge in [-0.2, -0.15) is 0 Å². The molecule has 1 atom stereocenters. The number of primary amides is 2. The van der Waals surface area contributed by atoms with Gasteiger partial charge in [-0.25, -0.2) is 18.4 Å². The molecule has 8 N–H and O–H groups in total. The highest BCUT2D eigenvalue weighted by Gasteiger charge is 2.39. The number of halogens is 4. The van der Waals surface area contributed by atoms with Gasteiger partial charge >= 0.3 is 12.1 Å². The van der Waals surface area contributed by atoms with Crippen molar-refractivity contribution in [3.8, 4) is 11.5 Å². The summed E-state index contributed by atoms with van der Waals surface area (Å²) in [5, 5.41) is 18.8. The molecule has 0 saturated carbocycles. The van der Waals surface area contributed by atoms with E-state index in [1.54, 1.807) is 47.1 Å². The molecule has 2 aliphatic heterocycles. The van der Waals surface area contributed by atoms with Gasteiger partial charge in [-0.15, -0.1) is 0 Å². The molecule has 19 heteroatoms. The van der Waals surface area contributed by atoms with Gasteiger partial charge in [-0.1, -0.05) is 42.3 Å².